The van der Waals surface area contributed by atoms with E-state index < -0.39 is 0 Å². The summed E-state index contributed by atoms with van der Waals surface area (Å²) in [6, 6.07) is 1.67. The zero-order valence-electron chi connectivity index (χ0n) is 10.3. The molecule has 0 aliphatic carbocycles. The van der Waals surface area contributed by atoms with E-state index in [-0.39, 0.29) is 11.9 Å². The third-order valence-electron chi connectivity index (χ3n) is 2.62. The number of carbonyl (C=O) groups excluding carboxylic acids is 1. The number of imidazole rings is 1. The second-order valence-corrected chi connectivity index (χ2v) is 4.64. The number of amides is 1. The smallest absolute Gasteiger partial charge is 0.265 e. The first-order valence-corrected chi connectivity index (χ1v) is 6.55. The van der Waals surface area contributed by atoms with Gasteiger partial charge in [0.05, 0.1) is 13.2 Å². The SMILES string of the molecule is CCC(NC(=O)c1sccc1OC)c1ncc[nH]1. The lowest BCUT2D eigenvalue weighted by Gasteiger charge is -2.14. The van der Waals surface area contributed by atoms with Crippen LogP contribution in [0.15, 0.2) is 23.8 Å². The zero-order chi connectivity index (χ0) is 13.0. The Morgan fingerprint density at radius 2 is 2.50 bits per heavy atom. The highest BCUT2D eigenvalue weighted by Gasteiger charge is 2.19. The standard InChI is InChI=1S/C12H15N3O2S/c1-3-8(11-13-5-6-14-11)15-12(16)10-9(17-2)4-7-18-10/h4-8H,3H2,1-2H3,(H,13,14)(H,15,16). The van der Waals surface area contributed by atoms with Crippen molar-refractivity contribution < 1.29 is 9.53 Å². The number of carbonyl (C=O) groups is 1. The summed E-state index contributed by atoms with van der Waals surface area (Å²) in [4.78, 5) is 19.9. The number of aromatic amines is 1. The Morgan fingerprint density at radius 1 is 1.67 bits per heavy atom. The molecule has 2 heterocycles. The van der Waals surface area contributed by atoms with Crippen LogP contribution in [0.1, 0.15) is 34.9 Å². The molecule has 0 bridgehead atoms. The van der Waals surface area contributed by atoms with Gasteiger partial charge in [-0.3, -0.25) is 4.79 Å². The summed E-state index contributed by atoms with van der Waals surface area (Å²) in [6.45, 7) is 2.00. The second-order valence-electron chi connectivity index (χ2n) is 3.73. The predicted octanol–water partition coefficient (Wildman–Crippen LogP) is 2.36. The van der Waals surface area contributed by atoms with E-state index in [1.165, 1.54) is 11.3 Å². The molecule has 0 radical (unpaired) electrons. The number of nitrogens with zero attached hydrogens (tertiary/aromatic N) is 1. The lowest BCUT2D eigenvalue weighted by Crippen LogP contribution is -2.28. The van der Waals surface area contributed by atoms with Gasteiger partial charge >= 0.3 is 0 Å². The van der Waals surface area contributed by atoms with Crippen molar-refractivity contribution >= 4 is 17.2 Å². The van der Waals surface area contributed by atoms with Crippen LogP contribution in [0.25, 0.3) is 0 Å². The molecule has 1 unspecified atom stereocenters. The first-order chi connectivity index (χ1) is 8.76. The van der Waals surface area contributed by atoms with E-state index in [0.29, 0.717) is 10.6 Å². The van der Waals surface area contributed by atoms with Gasteiger partial charge in [0.1, 0.15) is 16.5 Å². The van der Waals surface area contributed by atoms with E-state index in [2.05, 4.69) is 15.3 Å². The van der Waals surface area contributed by atoms with Crippen LogP contribution in [0, 0.1) is 0 Å². The molecule has 0 aliphatic rings. The summed E-state index contributed by atoms with van der Waals surface area (Å²) in [6.07, 6.45) is 4.19. The van der Waals surface area contributed by atoms with Crippen LogP contribution in [-0.2, 0) is 0 Å². The Labute approximate surface area is 109 Å². The molecule has 5 nitrogen and oxygen atoms in total. The second kappa shape index (κ2) is 5.68. The van der Waals surface area contributed by atoms with Gasteiger partial charge in [-0.25, -0.2) is 4.98 Å². The molecule has 0 aliphatic heterocycles. The van der Waals surface area contributed by atoms with Gasteiger partial charge in [-0.15, -0.1) is 11.3 Å². The molecule has 0 spiro atoms. The molecule has 2 aromatic heterocycles. The quantitative estimate of drug-likeness (QED) is 0.872. The first kappa shape index (κ1) is 12.6. The molecule has 6 heteroatoms. The number of methoxy groups -OCH3 is 1. The lowest BCUT2D eigenvalue weighted by atomic mass is 10.2. The van der Waals surface area contributed by atoms with Crippen LogP contribution in [0.2, 0.25) is 0 Å². The summed E-state index contributed by atoms with van der Waals surface area (Å²) >= 11 is 1.36. The predicted molar refractivity (Wildman–Crippen MR) is 70.0 cm³/mol. The molecule has 18 heavy (non-hydrogen) atoms. The van der Waals surface area contributed by atoms with Crippen molar-refractivity contribution in [1.29, 1.82) is 0 Å². The number of nitrogens with one attached hydrogen (secondary N) is 2. The van der Waals surface area contributed by atoms with Crippen LogP contribution in [-0.4, -0.2) is 23.0 Å². The minimum Gasteiger partial charge on any atom is -0.495 e. The average molecular weight is 265 g/mol. The Kier molecular flexibility index (Phi) is 3.99. The summed E-state index contributed by atoms with van der Waals surface area (Å²) in [5, 5.41) is 4.78. The lowest BCUT2D eigenvalue weighted by molar-refractivity contribution is 0.0935. The van der Waals surface area contributed by atoms with Crippen molar-refractivity contribution in [1.82, 2.24) is 15.3 Å². The number of aromatic nitrogens is 2. The van der Waals surface area contributed by atoms with Gasteiger partial charge in [-0.1, -0.05) is 6.92 Å². The summed E-state index contributed by atoms with van der Waals surface area (Å²) in [5.41, 5.74) is 0. The van der Waals surface area contributed by atoms with Crippen molar-refractivity contribution in [2.24, 2.45) is 0 Å². The van der Waals surface area contributed by atoms with Crippen molar-refractivity contribution in [3.8, 4) is 5.75 Å². The van der Waals surface area contributed by atoms with Crippen LogP contribution in [0.3, 0.4) is 0 Å². The minimum atomic E-state index is -0.134. The maximum absolute atomic E-state index is 12.1. The third kappa shape index (κ3) is 2.53. The van der Waals surface area contributed by atoms with Gasteiger partial charge in [-0.2, -0.15) is 0 Å². The van der Waals surface area contributed by atoms with Crippen molar-refractivity contribution in [3.05, 3.63) is 34.5 Å². The Morgan fingerprint density at radius 3 is 3.11 bits per heavy atom. The highest BCUT2D eigenvalue weighted by molar-refractivity contribution is 7.12. The highest BCUT2D eigenvalue weighted by atomic mass is 32.1. The summed E-state index contributed by atoms with van der Waals surface area (Å²) < 4.78 is 5.14. The third-order valence-corrected chi connectivity index (χ3v) is 3.51. The first-order valence-electron chi connectivity index (χ1n) is 5.67. The Bertz CT molecular complexity index is 507. The highest BCUT2D eigenvalue weighted by Crippen LogP contribution is 2.25. The Hall–Kier alpha value is -1.82. The van der Waals surface area contributed by atoms with E-state index in [9.17, 15) is 4.79 Å². The average Bonchev–Trinajstić information content (AvgIpc) is 3.05. The normalized spacial score (nSPS) is 12.1. The van der Waals surface area contributed by atoms with Crippen molar-refractivity contribution in [2.75, 3.05) is 7.11 Å². The number of ether oxygens (including phenoxy) is 1. The van der Waals surface area contributed by atoms with Crippen LogP contribution in [0.4, 0.5) is 0 Å². The minimum absolute atomic E-state index is 0.112. The molecular weight excluding hydrogens is 250 g/mol. The van der Waals surface area contributed by atoms with Gasteiger partial charge < -0.3 is 15.0 Å². The fourth-order valence-electron chi connectivity index (χ4n) is 1.68. The molecule has 2 aromatic rings. The van der Waals surface area contributed by atoms with Crippen LogP contribution >= 0.6 is 11.3 Å². The number of H-pyrrole nitrogens is 1. The molecule has 1 amide bonds. The van der Waals surface area contributed by atoms with Gasteiger partial charge in [0.15, 0.2) is 0 Å². The van der Waals surface area contributed by atoms with Crippen LogP contribution < -0.4 is 10.1 Å². The van der Waals surface area contributed by atoms with E-state index in [1.54, 1.807) is 25.6 Å². The summed E-state index contributed by atoms with van der Waals surface area (Å²) in [7, 11) is 1.56. The molecule has 0 fully saturated rings. The fraction of sp³-hybridized carbons (Fsp3) is 0.333. The van der Waals surface area contributed by atoms with Gasteiger partial charge in [0.25, 0.3) is 5.91 Å². The number of thiophene rings is 1. The number of hydrogen-bond donors (Lipinski definition) is 2. The molecule has 0 aromatic carbocycles. The molecule has 1 atom stereocenters. The van der Waals surface area contributed by atoms with Crippen LogP contribution in [0.5, 0.6) is 5.75 Å². The molecule has 96 valence electrons. The Balaban J connectivity index is 2.11. The van der Waals surface area contributed by atoms with Crippen molar-refractivity contribution in [2.45, 2.75) is 19.4 Å². The van der Waals surface area contributed by atoms with Crippen molar-refractivity contribution in [3.63, 3.8) is 0 Å². The topological polar surface area (TPSA) is 67.0 Å². The largest absolute Gasteiger partial charge is 0.495 e. The fourth-order valence-corrected chi connectivity index (χ4v) is 2.44. The van der Waals surface area contributed by atoms with E-state index in [0.717, 1.165) is 12.2 Å². The number of rotatable bonds is 5. The van der Waals surface area contributed by atoms with Gasteiger partial charge in [0, 0.05) is 12.4 Å². The van der Waals surface area contributed by atoms with E-state index in [4.69, 9.17) is 4.74 Å². The number of hydrogen-bond acceptors (Lipinski definition) is 4. The maximum Gasteiger partial charge on any atom is 0.265 e. The maximum atomic E-state index is 12.1. The molecule has 2 N–H and O–H groups in total. The van der Waals surface area contributed by atoms with Gasteiger partial charge in [-0.05, 0) is 17.9 Å². The zero-order valence-corrected chi connectivity index (χ0v) is 11.1. The molecule has 0 saturated heterocycles. The summed E-state index contributed by atoms with van der Waals surface area (Å²) in [5.74, 6) is 1.23. The monoisotopic (exact) mass is 265 g/mol. The molecule has 0 saturated carbocycles. The van der Waals surface area contributed by atoms with E-state index in [1.807, 2.05) is 12.3 Å². The molecular formula is C12H15N3O2S. The molecule has 2 rings (SSSR count). The van der Waals surface area contributed by atoms with E-state index >= 15 is 0 Å². The van der Waals surface area contributed by atoms with Gasteiger partial charge in [0.2, 0.25) is 0 Å².